The van der Waals surface area contributed by atoms with E-state index in [9.17, 15) is 32.7 Å². The van der Waals surface area contributed by atoms with E-state index < -0.39 is 34.9 Å². The van der Waals surface area contributed by atoms with Gasteiger partial charge in [-0.2, -0.15) is 13.2 Å². The fraction of sp³-hybridized carbons (Fsp3) is 0.667. The maximum Gasteiger partial charge on any atom is 0.417 e. The number of hydrogen-bond acceptors (Lipinski definition) is 4. The first-order valence-electron chi connectivity index (χ1n) is 13.6. The number of urea groups is 1. The molecule has 12 heteroatoms. The van der Waals surface area contributed by atoms with Crippen molar-refractivity contribution in [1.82, 2.24) is 14.7 Å². The Morgan fingerprint density at radius 2 is 1.92 bits per heavy atom. The summed E-state index contributed by atoms with van der Waals surface area (Å²) in [7, 11) is 0. The van der Waals surface area contributed by atoms with Gasteiger partial charge in [-0.3, -0.25) is 9.59 Å². The Kier molecular flexibility index (Phi) is 7.52. The van der Waals surface area contributed by atoms with Gasteiger partial charge in [-0.15, -0.1) is 0 Å². The van der Waals surface area contributed by atoms with Crippen LogP contribution in [0.25, 0.3) is 0 Å². The average Bonchev–Trinajstić information content (AvgIpc) is 3.66. The van der Waals surface area contributed by atoms with Gasteiger partial charge in [-0.25, -0.2) is 4.79 Å². The first-order chi connectivity index (χ1) is 18.4. The van der Waals surface area contributed by atoms with Crippen LogP contribution in [-0.4, -0.2) is 81.5 Å². The van der Waals surface area contributed by atoms with Crippen molar-refractivity contribution in [2.75, 3.05) is 25.0 Å². The molecule has 4 fully saturated rings. The molecule has 1 aromatic rings. The first kappa shape index (κ1) is 28.0. The summed E-state index contributed by atoms with van der Waals surface area (Å²) >= 11 is 5.78. The summed E-state index contributed by atoms with van der Waals surface area (Å²) in [6.45, 7) is 2.96. The highest BCUT2D eigenvalue weighted by atomic mass is 35.5. The van der Waals surface area contributed by atoms with Crippen molar-refractivity contribution in [3.8, 4) is 0 Å². The van der Waals surface area contributed by atoms with Crippen LogP contribution in [0.5, 0.6) is 0 Å². The summed E-state index contributed by atoms with van der Waals surface area (Å²) in [5.41, 5.74) is -0.856. The monoisotopic (exact) mass is 570 g/mol. The maximum atomic E-state index is 13.4. The molecule has 2 N–H and O–H groups in total. The van der Waals surface area contributed by atoms with Crippen LogP contribution in [0.4, 0.5) is 23.7 Å². The zero-order valence-corrected chi connectivity index (χ0v) is 22.6. The number of aliphatic hydroxyl groups excluding tert-OH is 1. The number of aliphatic hydroxyl groups is 1. The molecule has 3 saturated heterocycles. The molecular weight excluding hydrogens is 537 g/mol. The van der Waals surface area contributed by atoms with Gasteiger partial charge in [0.05, 0.1) is 16.7 Å². The minimum Gasteiger partial charge on any atom is -0.391 e. The summed E-state index contributed by atoms with van der Waals surface area (Å²) in [5.74, 6) is -0.201. The third-order valence-corrected chi connectivity index (χ3v) is 9.36. The van der Waals surface area contributed by atoms with Gasteiger partial charge in [0.2, 0.25) is 11.8 Å². The number of amides is 4. The number of benzene rings is 1. The van der Waals surface area contributed by atoms with Gasteiger partial charge >= 0.3 is 12.2 Å². The summed E-state index contributed by atoms with van der Waals surface area (Å²) in [6, 6.07) is 1.34. The number of nitrogens with zero attached hydrogens (tertiary/aromatic N) is 3. The smallest absolute Gasteiger partial charge is 0.391 e. The van der Waals surface area contributed by atoms with Crippen molar-refractivity contribution < 1.29 is 32.7 Å². The molecule has 8 nitrogen and oxygen atoms in total. The number of nitrogens with one attached hydrogen (secondary N) is 1. The number of fused-ring (bicyclic) bond motifs is 1. The van der Waals surface area contributed by atoms with Crippen molar-refractivity contribution in [1.29, 1.82) is 0 Å². The summed E-state index contributed by atoms with van der Waals surface area (Å²) in [5, 5.41) is 12.5. The van der Waals surface area contributed by atoms with E-state index in [0.29, 0.717) is 25.9 Å². The maximum absolute atomic E-state index is 13.4. The molecule has 3 aliphatic heterocycles. The predicted molar refractivity (Wildman–Crippen MR) is 138 cm³/mol. The number of piperazine rings is 1. The van der Waals surface area contributed by atoms with Gasteiger partial charge in [0.1, 0.15) is 6.04 Å². The lowest BCUT2D eigenvalue weighted by molar-refractivity contribution is -0.150. The highest BCUT2D eigenvalue weighted by molar-refractivity contribution is 6.31. The van der Waals surface area contributed by atoms with E-state index >= 15 is 0 Å². The zero-order chi connectivity index (χ0) is 28.1. The lowest BCUT2D eigenvalue weighted by Gasteiger charge is -2.50. The van der Waals surface area contributed by atoms with Crippen molar-refractivity contribution in [3.63, 3.8) is 0 Å². The fourth-order valence-corrected chi connectivity index (χ4v) is 6.72. The second-order valence-electron chi connectivity index (χ2n) is 11.4. The molecule has 39 heavy (non-hydrogen) atoms. The van der Waals surface area contributed by atoms with Crippen molar-refractivity contribution >= 4 is 35.1 Å². The lowest BCUT2D eigenvalue weighted by atomic mass is 9.88. The van der Waals surface area contributed by atoms with Crippen LogP contribution in [0.15, 0.2) is 18.2 Å². The topological polar surface area (TPSA) is 93.2 Å². The fourth-order valence-electron chi connectivity index (χ4n) is 6.44. The van der Waals surface area contributed by atoms with Crippen LogP contribution in [0, 0.1) is 5.41 Å². The molecule has 1 spiro atoms. The van der Waals surface area contributed by atoms with Crippen LogP contribution >= 0.6 is 11.6 Å². The van der Waals surface area contributed by atoms with Gasteiger partial charge in [0.15, 0.2) is 0 Å². The number of rotatable bonds is 4. The number of carbonyl (C=O) groups is 3. The van der Waals surface area contributed by atoms with Crippen LogP contribution in [0.3, 0.4) is 0 Å². The van der Waals surface area contributed by atoms with Crippen LogP contribution in [0.2, 0.25) is 5.02 Å². The van der Waals surface area contributed by atoms with Crippen molar-refractivity contribution in [2.45, 2.75) is 88.7 Å². The molecule has 4 aliphatic rings. The number of anilines is 1. The summed E-state index contributed by atoms with van der Waals surface area (Å²) in [4.78, 5) is 44.4. The first-order valence-corrected chi connectivity index (χ1v) is 14.0. The van der Waals surface area contributed by atoms with Gasteiger partial charge in [-0.1, -0.05) is 11.6 Å². The minimum atomic E-state index is -4.60. The molecule has 0 bridgehead atoms. The third-order valence-electron chi connectivity index (χ3n) is 9.05. The average molecular weight is 571 g/mol. The van der Waals surface area contributed by atoms with E-state index in [0.717, 1.165) is 56.7 Å². The Balaban J connectivity index is 1.19. The third kappa shape index (κ3) is 5.57. The second-order valence-corrected chi connectivity index (χ2v) is 11.8. The predicted octanol–water partition coefficient (Wildman–Crippen LogP) is 4.50. The molecule has 1 saturated carbocycles. The number of hydrogen-bond donors (Lipinski definition) is 2. The highest BCUT2D eigenvalue weighted by Crippen LogP contribution is 2.53. The Morgan fingerprint density at radius 3 is 2.56 bits per heavy atom. The van der Waals surface area contributed by atoms with Crippen molar-refractivity contribution in [3.05, 3.63) is 28.8 Å². The molecule has 1 aliphatic carbocycles. The van der Waals surface area contributed by atoms with Crippen LogP contribution in [-0.2, 0) is 15.8 Å². The van der Waals surface area contributed by atoms with Gasteiger partial charge in [0.25, 0.3) is 0 Å². The van der Waals surface area contributed by atoms with Gasteiger partial charge in [0, 0.05) is 43.8 Å². The van der Waals surface area contributed by atoms with E-state index in [1.165, 1.54) is 4.90 Å². The second kappa shape index (κ2) is 10.5. The zero-order valence-electron chi connectivity index (χ0n) is 21.8. The quantitative estimate of drug-likeness (QED) is 0.557. The normalized spacial score (nSPS) is 28.4. The Labute approximate surface area is 230 Å². The molecule has 3 heterocycles. The minimum absolute atomic E-state index is 0.000358. The molecule has 4 amide bonds. The lowest BCUT2D eigenvalue weighted by Crippen LogP contribution is -2.66. The largest absolute Gasteiger partial charge is 0.417 e. The SMILES string of the molecule is CC1C(=O)N2C(CCC(=O)N3CCC4(CC4)C(O)C3)CCCC2CN1C(=O)Nc1ccc(C(F)(F)F)c(Cl)c1. The Morgan fingerprint density at radius 1 is 1.18 bits per heavy atom. The van der Waals surface area contributed by atoms with E-state index in [-0.39, 0.29) is 41.5 Å². The van der Waals surface area contributed by atoms with Crippen LogP contribution in [0.1, 0.15) is 63.9 Å². The number of β-amino-alcohol motifs (C(OH)–C–C–N with tert-alkyl or cyclic N) is 1. The molecule has 0 radical (unpaired) electrons. The van der Waals surface area contributed by atoms with E-state index in [4.69, 9.17) is 11.6 Å². The van der Waals surface area contributed by atoms with Crippen LogP contribution < -0.4 is 5.32 Å². The molecule has 5 rings (SSSR count). The van der Waals surface area contributed by atoms with E-state index in [2.05, 4.69) is 5.32 Å². The molecule has 214 valence electrons. The highest BCUT2D eigenvalue weighted by Gasteiger charge is 2.52. The van der Waals surface area contributed by atoms with Crippen molar-refractivity contribution in [2.24, 2.45) is 5.41 Å². The summed E-state index contributed by atoms with van der Waals surface area (Å²) in [6.07, 6.45) is 1.02. The molecule has 0 aromatic heterocycles. The molecule has 4 atom stereocenters. The Hall–Kier alpha value is -2.53. The number of likely N-dealkylation sites (tertiary alicyclic amines) is 1. The standard InChI is InChI=1S/C27H34ClF3N4O4/c1-16-24(38)35-18(6-8-23(37)33-12-11-26(9-10-26)22(36)15-33)3-2-4-19(35)14-34(16)25(39)32-17-5-7-20(21(28)13-17)27(29,30)31/h5,7,13,16,18-19,22,36H,2-4,6,8-12,14-15H2,1H3,(H,32,39). The van der Waals surface area contributed by atoms with E-state index in [1.807, 2.05) is 4.90 Å². The molecule has 1 aromatic carbocycles. The van der Waals surface area contributed by atoms with Gasteiger partial charge in [-0.05, 0) is 75.5 Å². The summed E-state index contributed by atoms with van der Waals surface area (Å²) < 4.78 is 39.0. The molecular formula is C27H34ClF3N4O4. The number of carbonyl (C=O) groups excluding carboxylic acids is 3. The van der Waals surface area contributed by atoms with Gasteiger partial charge < -0.3 is 25.1 Å². The van der Waals surface area contributed by atoms with E-state index in [1.54, 1.807) is 11.8 Å². The number of alkyl halides is 3. The number of piperidine rings is 2. The molecule has 4 unspecified atom stereocenters. The Bertz CT molecular complexity index is 1140. The number of halogens is 4.